The van der Waals surface area contributed by atoms with Gasteiger partial charge in [0.05, 0.1) is 5.41 Å². The van der Waals surface area contributed by atoms with Crippen molar-refractivity contribution < 1.29 is 0 Å². The van der Waals surface area contributed by atoms with Crippen molar-refractivity contribution in [1.29, 1.82) is 0 Å². The van der Waals surface area contributed by atoms with Crippen molar-refractivity contribution >= 4 is 60.2 Å². The number of hydrogen-bond acceptors (Lipinski definition) is 1. The molecule has 0 unspecified atom stereocenters. The van der Waals surface area contributed by atoms with Crippen LogP contribution < -0.4 is 4.90 Å². The van der Waals surface area contributed by atoms with E-state index in [9.17, 15) is 0 Å². The summed E-state index contributed by atoms with van der Waals surface area (Å²) < 4.78 is 0. The van der Waals surface area contributed by atoms with E-state index in [4.69, 9.17) is 0 Å². The van der Waals surface area contributed by atoms with Gasteiger partial charge in [-0.1, -0.05) is 231 Å². The molecule has 0 atom stereocenters. The van der Waals surface area contributed by atoms with Crippen LogP contribution in [0.25, 0.3) is 87.6 Å². The van der Waals surface area contributed by atoms with Gasteiger partial charge in [0.15, 0.2) is 0 Å². The number of rotatable bonds is 8. The summed E-state index contributed by atoms with van der Waals surface area (Å²) in [5.41, 5.74) is 17.7. The Morgan fingerprint density at radius 1 is 0.222 bits per heavy atom. The molecule has 14 rings (SSSR count). The second-order valence-electron chi connectivity index (χ2n) is 19.2. The quantitative estimate of drug-likeness (QED) is 0.137. The molecule has 1 heteroatoms. The van der Waals surface area contributed by atoms with Crippen LogP contribution >= 0.6 is 0 Å². The highest BCUT2D eigenvalue weighted by Gasteiger charge is 2.46. The third kappa shape index (κ3) is 6.77. The summed E-state index contributed by atoms with van der Waals surface area (Å²) in [6.07, 6.45) is 0. The average molecular weight is 914 g/mol. The summed E-state index contributed by atoms with van der Waals surface area (Å²) in [6, 6.07) is 105. The van der Waals surface area contributed by atoms with Crippen LogP contribution in [0.1, 0.15) is 22.3 Å². The molecule has 0 bridgehead atoms. The molecule has 0 fully saturated rings. The van der Waals surface area contributed by atoms with Gasteiger partial charge in [-0.2, -0.15) is 0 Å². The number of nitrogens with zero attached hydrogens (tertiary/aromatic N) is 1. The van der Waals surface area contributed by atoms with Gasteiger partial charge in [0.2, 0.25) is 0 Å². The Morgan fingerprint density at radius 3 is 1.06 bits per heavy atom. The summed E-state index contributed by atoms with van der Waals surface area (Å²) in [5.74, 6) is 0. The summed E-state index contributed by atoms with van der Waals surface area (Å²) in [5, 5.41) is 10.1. The van der Waals surface area contributed by atoms with E-state index < -0.39 is 5.41 Å². The Balaban J connectivity index is 0.852. The maximum atomic E-state index is 2.41. The van der Waals surface area contributed by atoms with E-state index in [0.717, 1.165) is 17.1 Å². The largest absolute Gasteiger partial charge is 0.311 e. The van der Waals surface area contributed by atoms with Crippen molar-refractivity contribution in [1.82, 2.24) is 0 Å². The van der Waals surface area contributed by atoms with Gasteiger partial charge in [0.1, 0.15) is 0 Å². The predicted molar refractivity (Wildman–Crippen MR) is 305 cm³/mol. The second-order valence-corrected chi connectivity index (χ2v) is 19.2. The summed E-state index contributed by atoms with van der Waals surface area (Å²) in [4.78, 5) is 2.38. The maximum Gasteiger partial charge on any atom is 0.0713 e. The maximum absolute atomic E-state index is 2.41. The highest BCUT2D eigenvalue weighted by Crippen LogP contribution is 2.56. The first-order valence-electron chi connectivity index (χ1n) is 25.0. The lowest BCUT2D eigenvalue weighted by atomic mass is 9.67. The van der Waals surface area contributed by atoms with E-state index in [2.05, 4.69) is 290 Å². The fourth-order valence-corrected chi connectivity index (χ4v) is 11.8. The van der Waals surface area contributed by atoms with E-state index in [1.807, 2.05) is 0 Å². The third-order valence-corrected chi connectivity index (χ3v) is 15.3. The first-order valence-corrected chi connectivity index (χ1v) is 25.0. The highest BCUT2D eigenvalue weighted by molar-refractivity contribution is 6.10. The van der Waals surface area contributed by atoms with Gasteiger partial charge in [-0.3, -0.25) is 0 Å². The van der Waals surface area contributed by atoms with Gasteiger partial charge in [-0.15, -0.1) is 0 Å². The zero-order chi connectivity index (χ0) is 47.6. The van der Waals surface area contributed by atoms with Crippen molar-refractivity contribution in [2.75, 3.05) is 4.90 Å². The molecular weight excluding hydrogens is 867 g/mol. The molecule has 0 saturated carbocycles. The molecule has 13 aromatic rings. The van der Waals surface area contributed by atoms with Crippen molar-refractivity contribution in [2.24, 2.45) is 0 Å². The Morgan fingerprint density at radius 2 is 0.569 bits per heavy atom. The van der Waals surface area contributed by atoms with E-state index in [-0.39, 0.29) is 0 Å². The zero-order valence-electron chi connectivity index (χ0n) is 39.6. The van der Waals surface area contributed by atoms with Gasteiger partial charge in [-0.25, -0.2) is 0 Å². The normalized spacial score (nSPS) is 12.6. The van der Waals surface area contributed by atoms with Crippen LogP contribution in [0.3, 0.4) is 0 Å². The minimum atomic E-state index is -0.423. The standard InChI is InChI=1S/C71H47N/c1-3-15-58(16-4-1)71(59-17-5-2-6-18-59)69-22-12-11-21-65(69)68-47-57(37-44-70(68)71)50-35-42-62(43-36-50)72(60-38-31-48(32-39-60)55-29-27-53-25-23-51-13-7-9-19-63(51)66(53)45-55)61-40-33-49(34-41-61)56-30-28-54-26-24-52-14-8-10-20-64(52)67(54)46-56/h1-47H. The van der Waals surface area contributed by atoms with Crippen molar-refractivity contribution in [3.8, 4) is 44.5 Å². The molecule has 336 valence electrons. The minimum absolute atomic E-state index is 0.423. The zero-order valence-corrected chi connectivity index (χ0v) is 39.6. The number of benzene rings is 13. The molecule has 72 heavy (non-hydrogen) atoms. The molecular formula is C71H47N. The number of fused-ring (bicyclic) bond motifs is 9. The SMILES string of the molecule is c1ccc(C2(c3ccccc3)c3ccccc3-c3cc(-c4ccc(N(c5ccc(-c6ccc7ccc8ccccc8c7c6)cc5)c5ccc(-c6ccc7ccc8ccccc8c7c6)cc5)cc4)ccc32)cc1. The van der Waals surface area contributed by atoms with Gasteiger partial charge >= 0.3 is 0 Å². The van der Waals surface area contributed by atoms with Crippen molar-refractivity contribution in [3.63, 3.8) is 0 Å². The van der Waals surface area contributed by atoms with Crippen LogP contribution in [0.15, 0.2) is 285 Å². The molecule has 1 aliphatic rings. The molecule has 0 aliphatic heterocycles. The molecule has 0 heterocycles. The average Bonchev–Trinajstić information content (AvgIpc) is 3.76. The predicted octanol–water partition coefficient (Wildman–Crippen LogP) is 19.1. The van der Waals surface area contributed by atoms with Gasteiger partial charge in [-0.05, 0) is 164 Å². The molecule has 1 nitrogen and oxygen atoms in total. The van der Waals surface area contributed by atoms with Crippen LogP contribution in [-0.2, 0) is 5.41 Å². The molecule has 0 spiro atoms. The first kappa shape index (κ1) is 41.7. The fourth-order valence-electron chi connectivity index (χ4n) is 11.8. The molecule has 0 aromatic heterocycles. The molecule has 0 N–H and O–H groups in total. The topological polar surface area (TPSA) is 3.24 Å². The van der Waals surface area contributed by atoms with Crippen LogP contribution in [-0.4, -0.2) is 0 Å². The van der Waals surface area contributed by atoms with Gasteiger partial charge in [0, 0.05) is 17.1 Å². The van der Waals surface area contributed by atoms with Crippen molar-refractivity contribution in [2.45, 2.75) is 5.41 Å². The van der Waals surface area contributed by atoms with E-state index in [0.29, 0.717) is 0 Å². The Labute approximate surface area is 420 Å². The van der Waals surface area contributed by atoms with Crippen LogP contribution in [0, 0.1) is 0 Å². The Bertz CT molecular complexity index is 3970. The van der Waals surface area contributed by atoms with Crippen molar-refractivity contribution in [3.05, 3.63) is 307 Å². The molecule has 13 aromatic carbocycles. The minimum Gasteiger partial charge on any atom is -0.311 e. The first-order chi connectivity index (χ1) is 35.7. The van der Waals surface area contributed by atoms with Gasteiger partial charge < -0.3 is 4.90 Å². The van der Waals surface area contributed by atoms with Gasteiger partial charge in [0.25, 0.3) is 0 Å². The van der Waals surface area contributed by atoms with E-state index in [1.54, 1.807) is 0 Å². The third-order valence-electron chi connectivity index (χ3n) is 15.3. The molecule has 0 amide bonds. The fraction of sp³-hybridized carbons (Fsp3) is 0.0141. The summed E-state index contributed by atoms with van der Waals surface area (Å²) in [7, 11) is 0. The monoisotopic (exact) mass is 913 g/mol. The lowest BCUT2D eigenvalue weighted by Crippen LogP contribution is -2.28. The summed E-state index contributed by atoms with van der Waals surface area (Å²) >= 11 is 0. The Kier molecular flexibility index (Phi) is 9.82. The van der Waals surface area contributed by atoms with Crippen LogP contribution in [0.5, 0.6) is 0 Å². The summed E-state index contributed by atoms with van der Waals surface area (Å²) in [6.45, 7) is 0. The number of hydrogen-bond donors (Lipinski definition) is 0. The second kappa shape index (κ2) is 17.0. The smallest absolute Gasteiger partial charge is 0.0713 e. The molecule has 1 aliphatic carbocycles. The van der Waals surface area contributed by atoms with E-state index >= 15 is 0 Å². The lowest BCUT2D eigenvalue weighted by Gasteiger charge is -2.33. The highest BCUT2D eigenvalue weighted by atomic mass is 15.1. The lowest BCUT2D eigenvalue weighted by molar-refractivity contribution is 0.768. The van der Waals surface area contributed by atoms with Crippen LogP contribution in [0.2, 0.25) is 0 Å². The number of anilines is 3. The molecule has 0 saturated heterocycles. The van der Waals surface area contributed by atoms with Crippen LogP contribution in [0.4, 0.5) is 17.1 Å². The molecule has 0 radical (unpaired) electrons. The Hall–Kier alpha value is -9.30. The van der Waals surface area contributed by atoms with E-state index in [1.165, 1.54) is 110 Å².